The van der Waals surface area contributed by atoms with Gasteiger partial charge < -0.3 is 36.4 Å². The molecule has 3 fully saturated rings. The first kappa shape index (κ1) is 25.5. The van der Waals surface area contributed by atoms with Crippen molar-refractivity contribution in [1.29, 1.82) is 0 Å². The van der Waals surface area contributed by atoms with E-state index < -0.39 is 70.2 Å². The minimum atomic E-state index is -5.03. The molecule has 3 atom stereocenters. The number of thiazole rings is 1. The summed E-state index contributed by atoms with van der Waals surface area (Å²) in [6.07, 6.45) is -1.16. The van der Waals surface area contributed by atoms with Crippen molar-refractivity contribution >= 4 is 56.4 Å². The second-order valence-corrected chi connectivity index (χ2v) is 10.4. The van der Waals surface area contributed by atoms with Gasteiger partial charge >= 0.3 is 22.4 Å². The van der Waals surface area contributed by atoms with Crippen LogP contribution in [0.25, 0.3) is 0 Å². The molecule has 19 heteroatoms. The molecule has 2 saturated heterocycles. The largest absolute Gasteiger partial charge is 0.478 e. The van der Waals surface area contributed by atoms with Crippen LogP contribution in [0.2, 0.25) is 0 Å². The maximum Gasteiger partial charge on any atom is 0.410 e. The summed E-state index contributed by atoms with van der Waals surface area (Å²) in [5.41, 5.74) is 8.89. The van der Waals surface area contributed by atoms with Crippen LogP contribution in [0, 0.1) is 0 Å². The average molecular weight is 548 g/mol. The first-order chi connectivity index (χ1) is 16.9. The van der Waals surface area contributed by atoms with Crippen LogP contribution in [-0.4, -0.2) is 105 Å². The van der Waals surface area contributed by atoms with Crippen molar-refractivity contribution in [2.45, 2.75) is 36.6 Å². The number of nitrogens with one attached hydrogen (secondary N) is 1. The summed E-state index contributed by atoms with van der Waals surface area (Å²) >= 11 is 0.951. The average Bonchev–Trinajstić information content (AvgIpc) is 3.34. The normalized spacial score (nSPS) is 25.3. The molecule has 3 aliphatic rings. The lowest BCUT2D eigenvalue weighted by molar-refractivity contribution is -0.153. The minimum absolute atomic E-state index is 0.00243. The van der Waals surface area contributed by atoms with Gasteiger partial charge in [-0.2, -0.15) is 8.42 Å². The van der Waals surface area contributed by atoms with Crippen LogP contribution in [0.5, 0.6) is 0 Å². The number of nitrogens with two attached hydrogens (primary N) is 2. The van der Waals surface area contributed by atoms with Crippen molar-refractivity contribution in [3.63, 3.8) is 0 Å². The number of anilines is 1. The highest BCUT2D eigenvalue weighted by molar-refractivity contribution is 7.84. The van der Waals surface area contributed by atoms with Crippen molar-refractivity contribution in [1.82, 2.24) is 19.5 Å². The Morgan fingerprint density at radius 1 is 1.39 bits per heavy atom. The van der Waals surface area contributed by atoms with Crippen LogP contribution in [0.4, 0.5) is 9.93 Å². The number of carbonyl (C=O) groups excluding carboxylic acids is 3. The van der Waals surface area contributed by atoms with Crippen LogP contribution in [0.3, 0.4) is 0 Å². The molecule has 0 bridgehead atoms. The molecular formula is C17H21N7O10S2. The molecule has 0 radical (unpaired) electrons. The molecule has 4 rings (SSSR count). The number of carbonyl (C=O) groups is 4. The van der Waals surface area contributed by atoms with Crippen molar-refractivity contribution in [2.24, 2.45) is 10.9 Å². The van der Waals surface area contributed by atoms with Crippen molar-refractivity contribution in [3.8, 4) is 0 Å². The maximum absolute atomic E-state index is 13.1. The summed E-state index contributed by atoms with van der Waals surface area (Å²) in [5.74, 6) is -3.53. The maximum atomic E-state index is 13.1. The molecule has 1 saturated carbocycles. The molecule has 1 unspecified atom stereocenters. The lowest BCUT2D eigenvalue weighted by Gasteiger charge is -2.45. The SMILES string of the molecule is NCC1CN(C[C@@H]2[C@H](NC(=O)/C(=N\OC3(C(=O)O)CC3)c3csc(N)n3)C(=O)N2S(=O)(=O)O)C(=O)O1. The van der Waals surface area contributed by atoms with Crippen molar-refractivity contribution in [3.05, 3.63) is 11.1 Å². The Bertz CT molecular complexity index is 1240. The van der Waals surface area contributed by atoms with E-state index in [9.17, 15) is 37.3 Å². The fourth-order valence-corrected chi connectivity index (χ4v) is 5.03. The summed E-state index contributed by atoms with van der Waals surface area (Å²) in [4.78, 5) is 59.1. The van der Waals surface area contributed by atoms with Gasteiger partial charge in [-0.05, 0) is 0 Å². The predicted molar refractivity (Wildman–Crippen MR) is 119 cm³/mol. The summed E-state index contributed by atoms with van der Waals surface area (Å²) < 4.78 is 38.1. The van der Waals surface area contributed by atoms with Gasteiger partial charge in [0.2, 0.25) is 5.60 Å². The Kier molecular flexibility index (Phi) is 6.49. The van der Waals surface area contributed by atoms with Crippen molar-refractivity contribution in [2.75, 3.05) is 25.4 Å². The third kappa shape index (κ3) is 4.76. The number of carboxylic acid groups (broad SMARTS) is 1. The Morgan fingerprint density at radius 3 is 2.58 bits per heavy atom. The molecule has 36 heavy (non-hydrogen) atoms. The number of aliphatic carboxylic acids is 1. The van der Waals surface area contributed by atoms with E-state index in [1.165, 1.54) is 5.38 Å². The third-order valence-corrected chi connectivity index (χ3v) is 7.33. The number of cyclic esters (lactones) is 1. The number of hydrogen-bond acceptors (Lipinski definition) is 13. The van der Waals surface area contributed by atoms with Gasteiger partial charge in [0.25, 0.3) is 11.8 Å². The van der Waals surface area contributed by atoms with Gasteiger partial charge in [0.1, 0.15) is 17.8 Å². The second-order valence-electron chi connectivity index (χ2n) is 8.18. The van der Waals surface area contributed by atoms with E-state index in [1.54, 1.807) is 0 Å². The number of aromatic nitrogens is 1. The van der Waals surface area contributed by atoms with E-state index in [0.29, 0.717) is 0 Å². The quantitative estimate of drug-likeness (QED) is 0.0868. The van der Waals surface area contributed by atoms with Gasteiger partial charge in [-0.25, -0.2) is 18.9 Å². The highest BCUT2D eigenvalue weighted by Crippen LogP contribution is 2.40. The molecule has 7 N–H and O–H groups in total. The molecule has 1 aromatic heterocycles. The summed E-state index contributed by atoms with van der Waals surface area (Å²) in [7, 11) is -5.03. The second kappa shape index (κ2) is 9.15. The molecule has 1 aliphatic carbocycles. The number of amides is 3. The standard InChI is InChI=1S/C17H21N7O10S2/c18-3-7-4-23(16(29)33-7)5-9-11(13(26)24(9)36(30,31)32)21-12(25)10(8-6-35-15(19)20-8)22-34-17(1-2-17)14(27)28/h6-7,9,11H,1-5,18H2,(H2,19,20)(H,21,25)(H,27,28)(H,30,31,32)/b22-10-/t7?,9-,11+/m1/s1. The number of nitrogen functional groups attached to an aromatic ring is 1. The zero-order valence-corrected chi connectivity index (χ0v) is 19.9. The van der Waals surface area contributed by atoms with Crippen LogP contribution < -0.4 is 16.8 Å². The fourth-order valence-electron chi connectivity index (χ4n) is 3.61. The molecule has 0 aromatic carbocycles. The van der Waals surface area contributed by atoms with Crippen LogP contribution in [0.15, 0.2) is 10.5 Å². The van der Waals surface area contributed by atoms with E-state index in [1.807, 2.05) is 0 Å². The molecule has 3 heterocycles. The van der Waals surface area contributed by atoms with E-state index in [-0.39, 0.29) is 41.1 Å². The first-order valence-electron chi connectivity index (χ1n) is 10.3. The number of hydrogen-bond donors (Lipinski definition) is 5. The van der Waals surface area contributed by atoms with Gasteiger partial charge in [0, 0.05) is 31.3 Å². The van der Waals surface area contributed by atoms with E-state index in [4.69, 9.17) is 21.0 Å². The molecule has 1 aromatic rings. The zero-order valence-electron chi connectivity index (χ0n) is 18.3. The monoisotopic (exact) mass is 547 g/mol. The molecule has 2 aliphatic heterocycles. The lowest BCUT2D eigenvalue weighted by Crippen LogP contribution is -2.74. The minimum Gasteiger partial charge on any atom is -0.478 e. The van der Waals surface area contributed by atoms with Crippen molar-refractivity contribution < 1.29 is 46.8 Å². The Balaban J connectivity index is 1.56. The Morgan fingerprint density at radius 2 is 2.08 bits per heavy atom. The van der Waals surface area contributed by atoms with Gasteiger partial charge in [0.05, 0.1) is 12.6 Å². The van der Waals surface area contributed by atoms with Crippen LogP contribution in [-0.2, 0) is 34.3 Å². The van der Waals surface area contributed by atoms with Gasteiger partial charge in [-0.1, -0.05) is 5.16 Å². The molecule has 3 amide bonds. The number of oxime groups is 1. The van der Waals surface area contributed by atoms with Gasteiger partial charge in [-0.3, -0.25) is 14.1 Å². The smallest absolute Gasteiger partial charge is 0.410 e. The summed E-state index contributed by atoms with van der Waals surface area (Å²) in [6, 6.07) is -2.91. The number of ether oxygens (including phenoxy) is 1. The van der Waals surface area contributed by atoms with Crippen LogP contribution >= 0.6 is 11.3 Å². The first-order valence-corrected chi connectivity index (χ1v) is 12.6. The third-order valence-electron chi connectivity index (χ3n) is 5.71. The number of carboxylic acids is 1. The Labute approximate surface area is 206 Å². The highest BCUT2D eigenvalue weighted by Gasteiger charge is 2.56. The van der Waals surface area contributed by atoms with E-state index in [2.05, 4.69) is 15.5 Å². The molecule has 196 valence electrons. The van der Waals surface area contributed by atoms with Gasteiger partial charge in [0.15, 0.2) is 10.8 Å². The summed E-state index contributed by atoms with van der Waals surface area (Å²) in [6.45, 7) is -0.418. The number of nitrogens with zero attached hydrogens (tertiary/aromatic N) is 4. The number of rotatable bonds is 10. The fraction of sp³-hybridized carbons (Fsp3) is 0.529. The molecule has 0 spiro atoms. The molecule has 17 nitrogen and oxygen atoms in total. The summed E-state index contributed by atoms with van der Waals surface area (Å²) in [5, 5.41) is 16.6. The predicted octanol–water partition coefficient (Wildman–Crippen LogP) is -2.66. The zero-order chi connectivity index (χ0) is 26.4. The van der Waals surface area contributed by atoms with E-state index >= 15 is 0 Å². The van der Waals surface area contributed by atoms with Crippen LogP contribution in [0.1, 0.15) is 18.5 Å². The molecular weight excluding hydrogens is 526 g/mol. The van der Waals surface area contributed by atoms with E-state index in [0.717, 1.165) is 16.2 Å². The lowest BCUT2D eigenvalue weighted by atomic mass is 9.97. The Hall–Kier alpha value is -3.55. The van der Waals surface area contributed by atoms with Gasteiger partial charge in [-0.15, -0.1) is 11.3 Å². The number of β-lactam (4-membered cyclic amide) rings is 1. The topological polar surface area (TPSA) is 257 Å². The highest BCUT2D eigenvalue weighted by atomic mass is 32.2.